The summed E-state index contributed by atoms with van der Waals surface area (Å²) in [7, 11) is 0. The number of benzene rings is 2. The molecule has 1 aromatic heterocycles. The lowest BCUT2D eigenvalue weighted by Crippen LogP contribution is -2.24. The zero-order chi connectivity index (χ0) is 23.4. The first-order chi connectivity index (χ1) is 15.2. The molecule has 0 fully saturated rings. The summed E-state index contributed by atoms with van der Waals surface area (Å²) >= 11 is 3.36. The highest BCUT2D eigenvalue weighted by Gasteiger charge is 2.20. The highest BCUT2D eigenvalue weighted by atomic mass is 79.9. The van der Waals surface area contributed by atoms with Gasteiger partial charge in [-0.15, -0.1) is 0 Å². The molecule has 11 heteroatoms. The number of rotatable bonds is 8. The van der Waals surface area contributed by atoms with Crippen LogP contribution < -0.4 is 16.0 Å². The number of ether oxygens (including phenoxy) is 1. The summed E-state index contributed by atoms with van der Waals surface area (Å²) in [6, 6.07) is 9.41. The van der Waals surface area contributed by atoms with E-state index in [2.05, 4.69) is 26.0 Å². The van der Waals surface area contributed by atoms with Crippen LogP contribution in [0.5, 0.6) is 5.75 Å². The predicted octanol–water partition coefficient (Wildman–Crippen LogP) is 3.33. The van der Waals surface area contributed by atoms with Gasteiger partial charge in [-0.2, -0.15) is 9.78 Å². The summed E-state index contributed by atoms with van der Waals surface area (Å²) in [6.45, 7) is 3.34. The summed E-state index contributed by atoms with van der Waals surface area (Å²) in [5, 5.41) is 16.1. The van der Waals surface area contributed by atoms with E-state index in [-0.39, 0.29) is 28.5 Å². The molecule has 0 aliphatic rings. The van der Waals surface area contributed by atoms with E-state index in [4.69, 9.17) is 10.5 Å². The minimum Gasteiger partial charge on any atom is -0.476 e. The van der Waals surface area contributed by atoms with Crippen molar-refractivity contribution in [3.05, 3.63) is 72.7 Å². The third kappa shape index (κ3) is 4.83. The molecule has 32 heavy (non-hydrogen) atoms. The molecule has 0 aliphatic carbocycles. The van der Waals surface area contributed by atoms with Gasteiger partial charge in [0.15, 0.2) is 6.61 Å². The standard InChI is InChI=1S/C21H20BrN5O5/c1-3-12(2)20-25-16-8-7-14(22)9-15(16)21(29)26(20)24-10-13-5-4-6-17(27(30)31)19(13)32-11-18(23)28/h4-10,12H,3,11H2,1-2H3,(H2,23,28)/t12-/m0/s1. The van der Waals surface area contributed by atoms with Crippen LogP contribution >= 0.6 is 15.9 Å². The number of carbonyl (C=O) groups is 1. The number of fused-ring (bicyclic) bond motifs is 1. The smallest absolute Gasteiger partial charge is 0.311 e. The maximum Gasteiger partial charge on any atom is 0.311 e. The van der Waals surface area contributed by atoms with E-state index in [1.165, 1.54) is 29.1 Å². The monoisotopic (exact) mass is 501 g/mol. The molecule has 0 unspecified atom stereocenters. The van der Waals surface area contributed by atoms with E-state index < -0.39 is 17.4 Å². The second kappa shape index (κ2) is 9.69. The van der Waals surface area contributed by atoms with Crippen molar-refractivity contribution in [2.45, 2.75) is 26.2 Å². The first kappa shape index (κ1) is 23.1. The summed E-state index contributed by atoms with van der Waals surface area (Å²) in [5.74, 6) is -0.586. The maximum absolute atomic E-state index is 13.2. The molecule has 3 rings (SSSR count). The van der Waals surface area contributed by atoms with E-state index in [1.54, 1.807) is 18.2 Å². The second-order valence-corrected chi connectivity index (χ2v) is 7.93. The fourth-order valence-electron chi connectivity index (χ4n) is 2.99. The molecule has 0 saturated heterocycles. The number of primary amides is 1. The van der Waals surface area contributed by atoms with Crippen LogP contribution in [0.3, 0.4) is 0 Å². The van der Waals surface area contributed by atoms with Crippen LogP contribution in [-0.2, 0) is 4.79 Å². The Labute approximate surface area is 191 Å². The minimum absolute atomic E-state index is 0.0800. The van der Waals surface area contributed by atoms with Gasteiger partial charge in [-0.05, 0) is 30.7 Å². The Bertz CT molecular complexity index is 1290. The molecule has 1 atom stereocenters. The lowest BCUT2D eigenvalue weighted by atomic mass is 10.1. The number of hydrogen-bond donors (Lipinski definition) is 1. The zero-order valence-electron chi connectivity index (χ0n) is 17.3. The summed E-state index contributed by atoms with van der Waals surface area (Å²) in [5.41, 5.74) is 5.12. The molecule has 10 nitrogen and oxygen atoms in total. The Morgan fingerprint density at radius 2 is 2.16 bits per heavy atom. The highest BCUT2D eigenvalue weighted by Crippen LogP contribution is 2.30. The van der Waals surface area contributed by atoms with Gasteiger partial charge in [-0.3, -0.25) is 19.7 Å². The topological polar surface area (TPSA) is 143 Å². The fourth-order valence-corrected chi connectivity index (χ4v) is 3.35. The first-order valence-corrected chi connectivity index (χ1v) is 10.5. The zero-order valence-corrected chi connectivity index (χ0v) is 18.9. The van der Waals surface area contributed by atoms with Crippen LogP contribution in [0, 0.1) is 10.1 Å². The van der Waals surface area contributed by atoms with E-state index in [9.17, 15) is 19.7 Å². The van der Waals surface area contributed by atoms with Crippen molar-refractivity contribution in [1.82, 2.24) is 9.66 Å². The Morgan fingerprint density at radius 1 is 1.41 bits per heavy atom. The number of halogens is 1. The number of aromatic nitrogens is 2. The van der Waals surface area contributed by atoms with Gasteiger partial charge in [0, 0.05) is 22.0 Å². The van der Waals surface area contributed by atoms with Crippen molar-refractivity contribution in [3.63, 3.8) is 0 Å². The normalized spacial score (nSPS) is 12.2. The molecule has 2 N–H and O–H groups in total. The van der Waals surface area contributed by atoms with Crippen LogP contribution in [0.15, 0.2) is 50.8 Å². The molecular formula is C21H20BrN5O5. The van der Waals surface area contributed by atoms with Gasteiger partial charge in [0.2, 0.25) is 5.75 Å². The van der Waals surface area contributed by atoms with Crippen molar-refractivity contribution in [3.8, 4) is 5.75 Å². The van der Waals surface area contributed by atoms with Crippen molar-refractivity contribution in [2.24, 2.45) is 10.8 Å². The second-order valence-electron chi connectivity index (χ2n) is 7.01. The van der Waals surface area contributed by atoms with Crippen molar-refractivity contribution < 1.29 is 14.5 Å². The number of amides is 1. The van der Waals surface area contributed by atoms with Gasteiger partial charge < -0.3 is 10.5 Å². The molecule has 1 amide bonds. The van der Waals surface area contributed by atoms with E-state index in [1.807, 2.05) is 13.8 Å². The number of carbonyl (C=O) groups excluding carboxylic acids is 1. The molecule has 0 aliphatic heterocycles. The number of nitrogens with zero attached hydrogens (tertiary/aromatic N) is 4. The van der Waals surface area contributed by atoms with Crippen LogP contribution in [-0.4, -0.2) is 33.3 Å². The van der Waals surface area contributed by atoms with Gasteiger partial charge in [0.05, 0.1) is 22.0 Å². The molecule has 3 aromatic rings. The average molecular weight is 502 g/mol. The van der Waals surface area contributed by atoms with E-state index in [0.29, 0.717) is 23.1 Å². The fraction of sp³-hybridized carbons (Fsp3) is 0.238. The van der Waals surface area contributed by atoms with Gasteiger partial charge in [-0.25, -0.2) is 4.98 Å². The molecule has 0 radical (unpaired) electrons. The Hall–Kier alpha value is -3.60. The molecule has 2 aromatic carbocycles. The molecule has 1 heterocycles. The van der Waals surface area contributed by atoms with Gasteiger partial charge in [0.1, 0.15) is 5.82 Å². The lowest BCUT2D eigenvalue weighted by molar-refractivity contribution is -0.385. The molecular weight excluding hydrogens is 482 g/mol. The Kier molecular flexibility index (Phi) is 6.98. The van der Waals surface area contributed by atoms with Crippen LogP contribution in [0.2, 0.25) is 0 Å². The minimum atomic E-state index is -0.786. The lowest BCUT2D eigenvalue weighted by Gasteiger charge is -2.14. The van der Waals surface area contributed by atoms with Crippen molar-refractivity contribution in [2.75, 3.05) is 6.61 Å². The van der Waals surface area contributed by atoms with Crippen LogP contribution in [0.25, 0.3) is 10.9 Å². The maximum atomic E-state index is 13.2. The van der Waals surface area contributed by atoms with E-state index in [0.717, 1.165) is 4.47 Å². The van der Waals surface area contributed by atoms with Gasteiger partial charge in [0.25, 0.3) is 11.5 Å². The van der Waals surface area contributed by atoms with Crippen molar-refractivity contribution >= 4 is 44.6 Å². The SMILES string of the molecule is CC[C@H](C)c1nc2ccc(Br)cc2c(=O)n1N=Cc1cccc([N+](=O)[O-])c1OCC(N)=O. The van der Waals surface area contributed by atoms with Crippen LogP contribution in [0.1, 0.15) is 37.6 Å². The summed E-state index contributed by atoms with van der Waals surface area (Å²) in [4.78, 5) is 39.7. The quantitative estimate of drug-likeness (QED) is 0.284. The number of para-hydroxylation sites is 1. The number of nitrogens with two attached hydrogens (primary N) is 1. The number of hydrogen-bond acceptors (Lipinski definition) is 7. The molecule has 166 valence electrons. The third-order valence-electron chi connectivity index (χ3n) is 4.78. The predicted molar refractivity (Wildman–Crippen MR) is 123 cm³/mol. The largest absolute Gasteiger partial charge is 0.476 e. The summed E-state index contributed by atoms with van der Waals surface area (Å²) in [6.07, 6.45) is 1.98. The van der Waals surface area contributed by atoms with Crippen LogP contribution in [0.4, 0.5) is 5.69 Å². The first-order valence-electron chi connectivity index (χ1n) is 9.68. The summed E-state index contributed by atoms with van der Waals surface area (Å²) < 4.78 is 7.18. The third-order valence-corrected chi connectivity index (χ3v) is 5.27. The van der Waals surface area contributed by atoms with Crippen molar-refractivity contribution in [1.29, 1.82) is 0 Å². The van der Waals surface area contributed by atoms with Gasteiger partial charge in [-0.1, -0.05) is 35.8 Å². The number of nitro groups is 1. The Morgan fingerprint density at radius 3 is 2.81 bits per heavy atom. The Balaban J connectivity index is 2.19. The number of nitro benzene ring substituents is 1. The average Bonchev–Trinajstić information content (AvgIpc) is 2.76. The molecule has 0 saturated carbocycles. The van der Waals surface area contributed by atoms with Gasteiger partial charge >= 0.3 is 5.69 Å². The molecule has 0 bridgehead atoms. The van der Waals surface area contributed by atoms with E-state index >= 15 is 0 Å². The highest BCUT2D eigenvalue weighted by molar-refractivity contribution is 9.10. The molecule has 0 spiro atoms.